The molecule has 0 aromatic carbocycles. The Balaban J connectivity index is 1.95. The average molecular weight is 394 g/mol. The molecule has 7 heteroatoms. The van der Waals surface area contributed by atoms with Gasteiger partial charge < -0.3 is 15.3 Å². The molecule has 0 aliphatic carbocycles. The highest BCUT2D eigenvalue weighted by Crippen LogP contribution is 2.34. The minimum absolute atomic E-state index is 0.809. The van der Waals surface area contributed by atoms with Crippen LogP contribution in [0, 0.1) is 0 Å². The number of thiazole rings is 1. The van der Waals surface area contributed by atoms with Crippen molar-refractivity contribution in [1.82, 2.24) is 15.2 Å². The molecule has 1 aromatic rings. The number of rotatable bonds is 11. The molecule has 26 heavy (non-hydrogen) atoms. The third kappa shape index (κ3) is 6.21. The van der Waals surface area contributed by atoms with Crippen molar-refractivity contribution in [3.05, 3.63) is 47.8 Å². The van der Waals surface area contributed by atoms with Gasteiger partial charge in [-0.3, -0.25) is 4.79 Å². The molecule has 142 valence electrons. The van der Waals surface area contributed by atoms with Crippen molar-refractivity contribution in [2.24, 2.45) is 0 Å². The molecule has 0 fully saturated rings. The van der Waals surface area contributed by atoms with Gasteiger partial charge in [-0.2, -0.15) is 0 Å². The Morgan fingerprint density at radius 2 is 2.35 bits per heavy atom. The molecule has 0 spiro atoms. The Hall–Kier alpha value is -1.73. The molecule has 0 saturated carbocycles. The normalized spacial score (nSPS) is 13.8. The highest BCUT2D eigenvalue weighted by Gasteiger charge is 2.29. The topological polar surface area (TPSA) is 65.5 Å². The Morgan fingerprint density at radius 1 is 1.54 bits per heavy atom. The number of hydrogen-bond donors (Lipinski definition) is 2. The van der Waals surface area contributed by atoms with Crippen molar-refractivity contribution in [2.75, 3.05) is 19.6 Å². The third-order valence-corrected chi connectivity index (χ3v) is 6.17. The molecule has 1 aliphatic heterocycles. The lowest BCUT2D eigenvalue weighted by Gasteiger charge is -2.28. The van der Waals surface area contributed by atoms with Crippen LogP contribution in [-0.2, 0) is 11.2 Å². The van der Waals surface area contributed by atoms with Gasteiger partial charge in [0.15, 0.2) is 4.34 Å². The molecule has 0 unspecified atom stereocenters. The standard InChI is InChI=1S/C19H27N3O2S2/c1-4-5-8-12-22(16-9-6-7-11-20-16)13-10-15-14-25-18(21-15)26-19(2,3)17(23)24/h4,6-7,9,14,20H,1,5,8,10-13H2,2-3H3,(H,23,24). The van der Waals surface area contributed by atoms with E-state index in [0.717, 1.165) is 54.8 Å². The first-order valence-electron chi connectivity index (χ1n) is 8.75. The largest absolute Gasteiger partial charge is 0.480 e. The van der Waals surface area contributed by atoms with E-state index in [-0.39, 0.29) is 0 Å². The molecule has 0 saturated heterocycles. The van der Waals surface area contributed by atoms with Crippen molar-refractivity contribution < 1.29 is 9.90 Å². The van der Waals surface area contributed by atoms with E-state index in [4.69, 9.17) is 0 Å². The minimum atomic E-state index is -0.866. The fraction of sp³-hybridized carbons (Fsp3) is 0.474. The summed E-state index contributed by atoms with van der Waals surface area (Å²) in [7, 11) is 0. The molecule has 0 bridgehead atoms. The van der Waals surface area contributed by atoms with Gasteiger partial charge in [-0.05, 0) is 32.8 Å². The van der Waals surface area contributed by atoms with E-state index >= 15 is 0 Å². The quantitative estimate of drug-likeness (QED) is 0.338. The zero-order chi connectivity index (χ0) is 19.0. The molecule has 0 amide bonds. The van der Waals surface area contributed by atoms with Crippen molar-refractivity contribution in [3.63, 3.8) is 0 Å². The van der Waals surface area contributed by atoms with Gasteiger partial charge in [0.1, 0.15) is 10.6 Å². The second-order valence-corrected chi connectivity index (χ2v) is 9.28. The molecule has 5 nitrogen and oxygen atoms in total. The first-order valence-corrected chi connectivity index (χ1v) is 10.5. The number of dihydropyridines is 1. The number of hydrogen-bond acceptors (Lipinski definition) is 6. The van der Waals surface area contributed by atoms with Gasteiger partial charge in [0.2, 0.25) is 0 Å². The number of aliphatic carboxylic acids is 1. The van der Waals surface area contributed by atoms with Crippen molar-refractivity contribution in [3.8, 4) is 0 Å². The summed E-state index contributed by atoms with van der Waals surface area (Å²) in [6.07, 6.45) is 11.1. The second-order valence-electron chi connectivity index (χ2n) is 6.55. The average Bonchev–Trinajstić information content (AvgIpc) is 3.05. The lowest BCUT2D eigenvalue weighted by Crippen LogP contribution is -2.35. The van der Waals surface area contributed by atoms with Crippen LogP contribution in [0.25, 0.3) is 0 Å². The Kier molecular flexibility index (Phi) is 7.78. The maximum Gasteiger partial charge on any atom is 0.319 e. The van der Waals surface area contributed by atoms with E-state index in [1.807, 2.05) is 11.5 Å². The SMILES string of the molecule is C=CCCCN(CCc1csc(SC(C)(C)C(=O)O)n1)C1=CC=CCN1. The number of thioether (sulfide) groups is 1. The zero-order valence-corrected chi connectivity index (χ0v) is 17.0. The molecule has 1 aromatic heterocycles. The Morgan fingerprint density at radius 3 is 3.00 bits per heavy atom. The molecule has 0 radical (unpaired) electrons. The maximum atomic E-state index is 11.3. The summed E-state index contributed by atoms with van der Waals surface area (Å²) in [5.41, 5.74) is 1.01. The van der Waals surface area contributed by atoms with Crippen LogP contribution in [0.15, 0.2) is 46.4 Å². The summed E-state index contributed by atoms with van der Waals surface area (Å²) in [6.45, 7) is 9.90. The highest BCUT2D eigenvalue weighted by molar-refractivity contribution is 8.02. The van der Waals surface area contributed by atoms with E-state index < -0.39 is 10.7 Å². The van der Waals surface area contributed by atoms with Crippen LogP contribution in [0.2, 0.25) is 0 Å². The van der Waals surface area contributed by atoms with Gasteiger partial charge in [0, 0.05) is 31.4 Å². The fourth-order valence-electron chi connectivity index (χ4n) is 2.41. The fourth-order valence-corrected chi connectivity index (χ4v) is 4.63. The lowest BCUT2D eigenvalue weighted by molar-refractivity contribution is -0.138. The second kappa shape index (κ2) is 9.83. The third-order valence-electron chi connectivity index (χ3n) is 3.99. The molecule has 2 N–H and O–H groups in total. The number of allylic oxidation sites excluding steroid dienone is 3. The van der Waals surface area contributed by atoms with Gasteiger partial charge >= 0.3 is 5.97 Å². The van der Waals surface area contributed by atoms with E-state index in [1.54, 1.807) is 13.8 Å². The highest BCUT2D eigenvalue weighted by atomic mass is 32.2. The van der Waals surface area contributed by atoms with Gasteiger partial charge in [0.25, 0.3) is 0 Å². The van der Waals surface area contributed by atoms with E-state index in [0.29, 0.717) is 0 Å². The van der Waals surface area contributed by atoms with Crippen LogP contribution >= 0.6 is 23.1 Å². The lowest BCUT2D eigenvalue weighted by atomic mass is 10.2. The van der Waals surface area contributed by atoms with Gasteiger partial charge in [-0.25, -0.2) is 4.98 Å². The van der Waals surface area contributed by atoms with Gasteiger partial charge in [0.05, 0.1) is 5.69 Å². The summed E-state index contributed by atoms with van der Waals surface area (Å²) in [6, 6.07) is 0. The molecular formula is C19H27N3O2S2. The van der Waals surface area contributed by atoms with Crippen molar-refractivity contribution in [2.45, 2.75) is 42.2 Å². The van der Waals surface area contributed by atoms with Crippen LogP contribution in [-0.4, -0.2) is 45.3 Å². The van der Waals surface area contributed by atoms with Crippen LogP contribution < -0.4 is 5.32 Å². The number of nitrogens with one attached hydrogen (secondary N) is 1. The Labute approximate surface area is 163 Å². The molecule has 1 aliphatic rings. The first-order chi connectivity index (χ1) is 12.4. The van der Waals surface area contributed by atoms with E-state index in [1.165, 1.54) is 23.1 Å². The van der Waals surface area contributed by atoms with Crippen LogP contribution in [0.4, 0.5) is 0 Å². The minimum Gasteiger partial charge on any atom is -0.480 e. The number of carboxylic acid groups (broad SMARTS) is 1. The number of unbranched alkanes of at least 4 members (excludes halogenated alkanes) is 1. The van der Waals surface area contributed by atoms with E-state index in [2.05, 4.69) is 40.0 Å². The summed E-state index contributed by atoms with van der Waals surface area (Å²) in [5, 5.41) is 14.7. The van der Waals surface area contributed by atoms with Crippen molar-refractivity contribution in [1.29, 1.82) is 0 Å². The summed E-state index contributed by atoms with van der Waals surface area (Å²) >= 11 is 2.82. The van der Waals surface area contributed by atoms with Crippen molar-refractivity contribution >= 4 is 29.1 Å². The predicted octanol–water partition coefficient (Wildman–Crippen LogP) is 3.91. The predicted molar refractivity (Wildman–Crippen MR) is 110 cm³/mol. The van der Waals surface area contributed by atoms with Crippen LogP contribution in [0.3, 0.4) is 0 Å². The number of carboxylic acids is 1. The number of carbonyl (C=O) groups is 1. The molecule has 2 rings (SSSR count). The molecule has 0 atom stereocenters. The van der Waals surface area contributed by atoms with Gasteiger partial charge in [-0.15, -0.1) is 17.9 Å². The zero-order valence-electron chi connectivity index (χ0n) is 15.4. The number of nitrogens with zero attached hydrogens (tertiary/aromatic N) is 2. The smallest absolute Gasteiger partial charge is 0.319 e. The number of aromatic nitrogens is 1. The molecule has 2 heterocycles. The molecular weight excluding hydrogens is 366 g/mol. The monoisotopic (exact) mass is 393 g/mol. The van der Waals surface area contributed by atoms with E-state index in [9.17, 15) is 9.90 Å². The maximum absolute atomic E-state index is 11.3. The Bertz CT molecular complexity index is 680. The summed E-state index contributed by atoms with van der Waals surface area (Å²) in [5.74, 6) is 0.324. The first kappa shape index (κ1) is 20.6. The summed E-state index contributed by atoms with van der Waals surface area (Å²) < 4.78 is -0.0572. The van der Waals surface area contributed by atoms with Crippen LogP contribution in [0.5, 0.6) is 0 Å². The van der Waals surface area contributed by atoms with Gasteiger partial charge in [-0.1, -0.05) is 30.0 Å². The van der Waals surface area contributed by atoms with Crippen LogP contribution in [0.1, 0.15) is 32.4 Å². The summed E-state index contributed by atoms with van der Waals surface area (Å²) in [4.78, 5) is 18.2.